The second-order valence-electron chi connectivity index (χ2n) is 8.03. The van der Waals surface area contributed by atoms with Gasteiger partial charge in [-0.05, 0) is 61.6 Å². The lowest BCUT2D eigenvalue weighted by molar-refractivity contribution is -0.109. The predicted molar refractivity (Wildman–Crippen MR) is 138 cm³/mol. The quantitative estimate of drug-likeness (QED) is 0.370. The molecule has 1 aliphatic carbocycles. The van der Waals surface area contributed by atoms with Crippen LogP contribution in [-0.4, -0.2) is 45.9 Å². The molecular formula is C28H35N3O4. The van der Waals surface area contributed by atoms with Gasteiger partial charge in [0.05, 0.1) is 12.7 Å². The number of amides is 1. The summed E-state index contributed by atoms with van der Waals surface area (Å²) in [6.45, 7) is 1.81. The minimum atomic E-state index is -0.468. The van der Waals surface area contributed by atoms with E-state index in [-0.39, 0.29) is 6.61 Å². The van der Waals surface area contributed by atoms with Gasteiger partial charge in [0, 0.05) is 38.5 Å². The van der Waals surface area contributed by atoms with Crippen molar-refractivity contribution in [3.63, 3.8) is 0 Å². The topological polar surface area (TPSA) is 96.6 Å². The van der Waals surface area contributed by atoms with Crippen molar-refractivity contribution in [2.75, 3.05) is 13.7 Å². The third kappa shape index (κ3) is 9.65. The van der Waals surface area contributed by atoms with Gasteiger partial charge in [-0.3, -0.25) is 4.79 Å². The molecule has 0 spiro atoms. The number of aliphatic hydroxyl groups excluding tert-OH is 2. The van der Waals surface area contributed by atoms with Gasteiger partial charge >= 0.3 is 0 Å². The van der Waals surface area contributed by atoms with Crippen LogP contribution < -0.4 is 10.1 Å². The van der Waals surface area contributed by atoms with E-state index < -0.39 is 6.10 Å². The monoisotopic (exact) mass is 477 g/mol. The third-order valence-corrected chi connectivity index (χ3v) is 5.25. The maximum Gasteiger partial charge on any atom is 0.206 e. The molecule has 1 aliphatic rings. The van der Waals surface area contributed by atoms with E-state index in [1.165, 1.54) is 30.4 Å². The maximum absolute atomic E-state index is 9.06. The Balaban J connectivity index is 0.000000275. The molecule has 1 atom stereocenters. The van der Waals surface area contributed by atoms with E-state index in [9.17, 15) is 0 Å². The summed E-state index contributed by atoms with van der Waals surface area (Å²) in [6.07, 6.45) is 8.22. The first kappa shape index (κ1) is 27.6. The number of rotatable bonds is 6. The molecule has 0 saturated heterocycles. The van der Waals surface area contributed by atoms with Crippen LogP contribution in [0.2, 0.25) is 0 Å². The predicted octanol–water partition coefficient (Wildman–Crippen LogP) is 3.85. The average molecular weight is 478 g/mol. The largest absolute Gasteiger partial charge is 0.490 e. The lowest BCUT2D eigenvalue weighted by Crippen LogP contribution is -2.24. The number of ether oxygens (including phenoxy) is 1. The van der Waals surface area contributed by atoms with Gasteiger partial charge in [-0.25, -0.2) is 4.98 Å². The van der Waals surface area contributed by atoms with Crippen LogP contribution in [0.25, 0.3) is 11.1 Å². The Labute approximate surface area is 207 Å². The fourth-order valence-corrected chi connectivity index (χ4v) is 3.15. The minimum Gasteiger partial charge on any atom is -0.490 e. The molecule has 7 heteroatoms. The molecule has 1 aromatic heterocycles. The Bertz CT molecular complexity index is 1060. The van der Waals surface area contributed by atoms with E-state index in [0.717, 1.165) is 11.3 Å². The molecule has 1 unspecified atom stereocenters. The molecule has 0 radical (unpaired) electrons. The molecule has 7 nitrogen and oxygen atoms in total. The molecular weight excluding hydrogens is 442 g/mol. The smallest absolute Gasteiger partial charge is 0.206 e. The normalized spacial score (nSPS) is 12.8. The molecule has 1 heterocycles. The van der Waals surface area contributed by atoms with Crippen LogP contribution in [0.5, 0.6) is 5.75 Å². The van der Waals surface area contributed by atoms with Gasteiger partial charge in [-0.1, -0.05) is 36.1 Å². The molecule has 35 heavy (non-hydrogen) atoms. The van der Waals surface area contributed by atoms with Gasteiger partial charge in [0.25, 0.3) is 0 Å². The summed E-state index contributed by atoms with van der Waals surface area (Å²) in [5.41, 5.74) is 3.32. The summed E-state index contributed by atoms with van der Waals surface area (Å²) in [4.78, 5) is 13.0. The van der Waals surface area contributed by atoms with Crippen molar-refractivity contribution in [3.05, 3.63) is 72.3 Å². The first-order valence-electron chi connectivity index (χ1n) is 11.7. The van der Waals surface area contributed by atoms with Gasteiger partial charge in [0.2, 0.25) is 6.41 Å². The highest BCUT2D eigenvalue weighted by molar-refractivity contribution is 5.65. The summed E-state index contributed by atoms with van der Waals surface area (Å²) < 4.78 is 7.67. The molecule has 4 rings (SSSR count). The zero-order valence-electron chi connectivity index (χ0n) is 20.6. The zero-order chi connectivity index (χ0) is 25.5. The van der Waals surface area contributed by atoms with E-state index in [1.807, 2.05) is 37.5 Å². The lowest BCUT2D eigenvalue weighted by Gasteiger charge is -2.26. The second kappa shape index (κ2) is 15.3. The van der Waals surface area contributed by atoms with E-state index in [4.69, 9.17) is 19.7 Å². The van der Waals surface area contributed by atoms with Crippen molar-refractivity contribution in [3.8, 4) is 28.7 Å². The summed E-state index contributed by atoms with van der Waals surface area (Å²) in [5, 5.41) is 20.0. The molecule has 1 saturated carbocycles. The average Bonchev–Trinajstić information content (AvgIpc) is 3.29. The van der Waals surface area contributed by atoms with Crippen LogP contribution in [0.15, 0.2) is 60.9 Å². The van der Waals surface area contributed by atoms with E-state index in [2.05, 4.69) is 46.4 Å². The van der Waals surface area contributed by atoms with Crippen molar-refractivity contribution in [1.82, 2.24) is 14.9 Å². The first-order valence-corrected chi connectivity index (χ1v) is 11.7. The van der Waals surface area contributed by atoms with Crippen LogP contribution in [-0.2, 0) is 11.8 Å². The van der Waals surface area contributed by atoms with E-state index in [0.29, 0.717) is 24.8 Å². The van der Waals surface area contributed by atoms with Crippen molar-refractivity contribution < 1.29 is 19.7 Å². The van der Waals surface area contributed by atoms with Crippen LogP contribution >= 0.6 is 0 Å². The van der Waals surface area contributed by atoms with Gasteiger partial charge in [-0.15, -0.1) is 0 Å². The summed E-state index contributed by atoms with van der Waals surface area (Å²) in [7, 11) is 3.42. The summed E-state index contributed by atoms with van der Waals surface area (Å²) in [6, 6.07) is 16.5. The number of imidazole rings is 1. The van der Waals surface area contributed by atoms with Crippen molar-refractivity contribution in [2.45, 2.75) is 44.8 Å². The van der Waals surface area contributed by atoms with Gasteiger partial charge in [-0.2, -0.15) is 0 Å². The Morgan fingerprint density at radius 2 is 1.77 bits per heavy atom. The Morgan fingerprint density at radius 3 is 2.17 bits per heavy atom. The number of aromatic nitrogens is 2. The zero-order valence-corrected chi connectivity index (χ0v) is 20.6. The van der Waals surface area contributed by atoms with Crippen molar-refractivity contribution in [1.29, 1.82) is 0 Å². The standard InChI is InChI=1S/C20H20O2.C6H10N2O.C2H5NO/c21-15-2-1-4-16-7-9-17(10-8-16)18-11-13-20(14-12-18)22-19-5-3-6-19;1-5(9)6-7-3-4-8(6)2;1-3-2-4/h7-14,19,21H,2-3,5-6,15H2;3-5,9H,1-2H3;2H,1H3,(H,3,4). The highest BCUT2D eigenvalue weighted by Crippen LogP contribution is 2.27. The van der Waals surface area contributed by atoms with Crippen LogP contribution in [0.3, 0.4) is 0 Å². The van der Waals surface area contributed by atoms with Crippen molar-refractivity contribution >= 4 is 6.41 Å². The van der Waals surface area contributed by atoms with Gasteiger partial charge in [0.15, 0.2) is 0 Å². The van der Waals surface area contributed by atoms with E-state index >= 15 is 0 Å². The molecule has 1 amide bonds. The highest BCUT2D eigenvalue weighted by Gasteiger charge is 2.18. The number of hydrogen-bond donors (Lipinski definition) is 3. The highest BCUT2D eigenvalue weighted by atomic mass is 16.5. The van der Waals surface area contributed by atoms with Gasteiger partial charge in [0.1, 0.15) is 17.7 Å². The van der Waals surface area contributed by atoms with Crippen LogP contribution in [0, 0.1) is 11.8 Å². The number of aryl methyl sites for hydroxylation is 1. The Hall–Kier alpha value is -3.60. The fourth-order valence-electron chi connectivity index (χ4n) is 3.15. The maximum atomic E-state index is 9.06. The summed E-state index contributed by atoms with van der Waals surface area (Å²) >= 11 is 0. The molecule has 3 aromatic rings. The lowest BCUT2D eigenvalue weighted by atomic mass is 9.96. The number of hydrogen-bond acceptors (Lipinski definition) is 5. The number of carbonyl (C=O) groups is 1. The number of aliphatic hydroxyl groups is 2. The number of benzene rings is 2. The molecule has 0 aliphatic heterocycles. The first-order chi connectivity index (χ1) is 17.0. The SMILES string of the molecule is CC(O)c1nccn1C.CNC=O.OCCC#Cc1ccc(-c2ccc(OC3CCC3)cc2)cc1. The summed E-state index contributed by atoms with van der Waals surface area (Å²) in [5.74, 6) is 7.63. The molecule has 186 valence electrons. The Kier molecular flexibility index (Phi) is 12.1. The van der Waals surface area contributed by atoms with Gasteiger partial charge < -0.3 is 24.8 Å². The Morgan fingerprint density at radius 1 is 1.17 bits per heavy atom. The minimum absolute atomic E-state index is 0.111. The molecule has 2 aromatic carbocycles. The molecule has 3 N–H and O–H groups in total. The third-order valence-electron chi connectivity index (χ3n) is 5.25. The van der Waals surface area contributed by atoms with Crippen molar-refractivity contribution in [2.24, 2.45) is 7.05 Å². The number of nitrogens with zero attached hydrogens (tertiary/aromatic N) is 2. The van der Waals surface area contributed by atoms with E-state index in [1.54, 1.807) is 24.7 Å². The van der Waals surface area contributed by atoms with Crippen LogP contribution in [0.1, 0.15) is 50.1 Å². The molecule has 0 bridgehead atoms. The number of carbonyl (C=O) groups excluding carboxylic acids is 1. The second-order valence-corrected chi connectivity index (χ2v) is 8.03. The fraction of sp³-hybridized carbons (Fsp3) is 0.357. The number of nitrogens with one attached hydrogen (secondary N) is 1. The van der Waals surface area contributed by atoms with Crippen LogP contribution in [0.4, 0.5) is 0 Å². The molecule has 1 fully saturated rings.